The molecule has 2 heterocycles. The van der Waals surface area contributed by atoms with Crippen molar-refractivity contribution < 1.29 is 0 Å². The van der Waals surface area contributed by atoms with E-state index in [-0.39, 0.29) is 0 Å². The SMILES string of the molecule is CCc1cccnc1N.Cc1cccc(N)n1. The Hall–Kier alpha value is -2.10. The second kappa shape index (κ2) is 6.48. The Morgan fingerprint density at radius 1 is 1.12 bits per heavy atom. The average Bonchev–Trinajstić information content (AvgIpc) is 2.30. The van der Waals surface area contributed by atoms with E-state index in [9.17, 15) is 0 Å². The van der Waals surface area contributed by atoms with Crippen molar-refractivity contribution in [3.63, 3.8) is 0 Å². The highest BCUT2D eigenvalue weighted by Gasteiger charge is 1.91. The average molecular weight is 230 g/mol. The molecule has 0 amide bonds. The van der Waals surface area contributed by atoms with Gasteiger partial charge in [0.05, 0.1) is 0 Å². The van der Waals surface area contributed by atoms with Crippen molar-refractivity contribution in [1.29, 1.82) is 0 Å². The second-order valence-corrected chi connectivity index (χ2v) is 3.61. The van der Waals surface area contributed by atoms with Gasteiger partial charge in [0.25, 0.3) is 0 Å². The third-order valence-corrected chi connectivity index (χ3v) is 2.22. The van der Waals surface area contributed by atoms with Gasteiger partial charge >= 0.3 is 0 Å². The molecule has 0 aliphatic rings. The zero-order chi connectivity index (χ0) is 12.7. The van der Waals surface area contributed by atoms with Crippen LogP contribution in [0.3, 0.4) is 0 Å². The lowest BCUT2D eigenvalue weighted by Gasteiger charge is -1.97. The molecule has 0 spiro atoms. The van der Waals surface area contributed by atoms with Gasteiger partial charge in [-0.05, 0) is 37.1 Å². The maximum Gasteiger partial charge on any atom is 0.126 e. The summed E-state index contributed by atoms with van der Waals surface area (Å²) in [6.07, 6.45) is 2.66. The van der Waals surface area contributed by atoms with Gasteiger partial charge in [-0.1, -0.05) is 19.1 Å². The fourth-order valence-electron chi connectivity index (χ4n) is 1.31. The van der Waals surface area contributed by atoms with Gasteiger partial charge in [-0.3, -0.25) is 0 Å². The van der Waals surface area contributed by atoms with E-state index in [1.54, 1.807) is 12.3 Å². The summed E-state index contributed by atoms with van der Waals surface area (Å²) in [6.45, 7) is 3.98. The second-order valence-electron chi connectivity index (χ2n) is 3.61. The van der Waals surface area contributed by atoms with Crippen LogP contribution in [0.1, 0.15) is 18.2 Å². The fraction of sp³-hybridized carbons (Fsp3) is 0.231. The van der Waals surface area contributed by atoms with Crippen LogP contribution >= 0.6 is 0 Å². The number of nitrogens with zero attached hydrogens (tertiary/aromatic N) is 2. The molecule has 0 aliphatic heterocycles. The molecule has 2 aromatic heterocycles. The largest absolute Gasteiger partial charge is 0.384 e. The first-order chi connectivity index (χ1) is 8.13. The monoisotopic (exact) mass is 230 g/mol. The molecule has 17 heavy (non-hydrogen) atoms. The quantitative estimate of drug-likeness (QED) is 0.787. The molecule has 2 aromatic rings. The van der Waals surface area contributed by atoms with E-state index in [1.165, 1.54) is 0 Å². The third-order valence-electron chi connectivity index (χ3n) is 2.22. The lowest BCUT2D eigenvalue weighted by atomic mass is 10.2. The van der Waals surface area contributed by atoms with Gasteiger partial charge in [-0.15, -0.1) is 0 Å². The molecule has 2 rings (SSSR count). The van der Waals surface area contributed by atoms with E-state index in [4.69, 9.17) is 11.5 Å². The van der Waals surface area contributed by atoms with Crippen molar-refractivity contribution in [2.45, 2.75) is 20.3 Å². The number of aromatic nitrogens is 2. The van der Waals surface area contributed by atoms with Crippen LogP contribution in [0.5, 0.6) is 0 Å². The van der Waals surface area contributed by atoms with Crippen LogP contribution in [0.2, 0.25) is 0 Å². The lowest BCUT2D eigenvalue weighted by molar-refractivity contribution is 1.11. The molecule has 0 atom stereocenters. The van der Waals surface area contributed by atoms with E-state index in [0.29, 0.717) is 11.6 Å². The fourth-order valence-corrected chi connectivity index (χ4v) is 1.31. The van der Waals surface area contributed by atoms with Gasteiger partial charge < -0.3 is 11.5 Å². The standard InChI is InChI=1S/C7H10N2.C6H8N2/c1-2-6-4-3-5-9-7(6)8;1-5-3-2-4-6(7)8-5/h3-5H,2H2,1H3,(H2,8,9);2-4H,1H3,(H2,7,8). The number of hydrogen-bond acceptors (Lipinski definition) is 4. The molecule has 0 aliphatic carbocycles. The van der Waals surface area contributed by atoms with E-state index in [0.717, 1.165) is 17.7 Å². The highest BCUT2D eigenvalue weighted by Crippen LogP contribution is 2.05. The maximum atomic E-state index is 5.52. The van der Waals surface area contributed by atoms with Crippen molar-refractivity contribution in [3.05, 3.63) is 47.8 Å². The van der Waals surface area contributed by atoms with E-state index in [1.807, 2.05) is 31.2 Å². The van der Waals surface area contributed by atoms with Crippen LogP contribution in [0.25, 0.3) is 0 Å². The molecule has 4 N–H and O–H groups in total. The molecule has 4 nitrogen and oxygen atoms in total. The van der Waals surface area contributed by atoms with Crippen LogP contribution in [0.4, 0.5) is 11.6 Å². The summed E-state index contributed by atoms with van der Waals surface area (Å²) in [5.41, 5.74) is 13.0. The minimum absolute atomic E-state index is 0.588. The molecule has 0 aromatic carbocycles. The Balaban J connectivity index is 0.000000171. The number of aryl methyl sites for hydroxylation is 2. The number of anilines is 2. The van der Waals surface area contributed by atoms with Crippen LogP contribution in [-0.4, -0.2) is 9.97 Å². The predicted molar refractivity (Wildman–Crippen MR) is 71.4 cm³/mol. The van der Waals surface area contributed by atoms with Gasteiger partial charge in [0.1, 0.15) is 11.6 Å². The Labute approximate surface area is 102 Å². The van der Waals surface area contributed by atoms with Gasteiger partial charge in [-0.2, -0.15) is 0 Å². The minimum atomic E-state index is 0.588. The topological polar surface area (TPSA) is 77.8 Å². The molecular weight excluding hydrogens is 212 g/mol. The van der Waals surface area contributed by atoms with Gasteiger partial charge in [0, 0.05) is 11.9 Å². The first-order valence-corrected chi connectivity index (χ1v) is 5.52. The highest BCUT2D eigenvalue weighted by atomic mass is 14.8. The number of pyridine rings is 2. The van der Waals surface area contributed by atoms with Crippen molar-refractivity contribution in [2.75, 3.05) is 11.5 Å². The Bertz CT molecular complexity index is 451. The summed E-state index contributed by atoms with van der Waals surface area (Å²) >= 11 is 0. The zero-order valence-corrected chi connectivity index (χ0v) is 10.2. The summed E-state index contributed by atoms with van der Waals surface area (Å²) in [4.78, 5) is 7.88. The number of rotatable bonds is 1. The summed E-state index contributed by atoms with van der Waals surface area (Å²) in [7, 11) is 0. The molecule has 0 radical (unpaired) electrons. The first kappa shape index (κ1) is 13.0. The van der Waals surface area contributed by atoms with Gasteiger partial charge in [-0.25, -0.2) is 9.97 Å². The predicted octanol–water partition coefficient (Wildman–Crippen LogP) is 2.20. The zero-order valence-electron chi connectivity index (χ0n) is 10.2. The molecule has 0 unspecified atom stereocenters. The molecule has 0 bridgehead atoms. The summed E-state index contributed by atoms with van der Waals surface area (Å²) in [6, 6.07) is 9.46. The van der Waals surface area contributed by atoms with E-state index >= 15 is 0 Å². The van der Waals surface area contributed by atoms with Crippen LogP contribution in [-0.2, 0) is 6.42 Å². The van der Waals surface area contributed by atoms with Crippen molar-refractivity contribution in [3.8, 4) is 0 Å². The molecule has 0 fully saturated rings. The molecule has 4 heteroatoms. The molecular formula is C13H18N4. The van der Waals surface area contributed by atoms with Crippen molar-refractivity contribution in [1.82, 2.24) is 9.97 Å². The summed E-state index contributed by atoms with van der Waals surface area (Å²) < 4.78 is 0. The molecule has 90 valence electrons. The normalized spacial score (nSPS) is 9.29. The lowest BCUT2D eigenvalue weighted by Crippen LogP contribution is -1.94. The summed E-state index contributed by atoms with van der Waals surface area (Å²) in [5, 5.41) is 0. The third kappa shape index (κ3) is 4.51. The van der Waals surface area contributed by atoms with Crippen molar-refractivity contribution in [2.24, 2.45) is 0 Å². The minimum Gasteiger partial charge on any atom is -0.384 e. The molecule has 0 saturated heterocycles. The maximum absolute atomic E-state index is 5.52. The molecule has 0 saturated carbocycles. The Morgan fingerprint density at radius 3 is 2.29 bits per heavy atom. The highest BCUT2D eigenvalue weighted by molar-refractivity contribution is 5.37. The number of nitrogens with two attached hydrogens (primary N) is 2. The Kier molecular flexibility index (Phi) is 4.94. The van der Waals surface area contributed by atoms with Crippen LogP contribution < -0.4 is 11.5 Å². The Morgan fingerprint density at radius 2 is 1.88 bits per heavy atom. The smallest absolute Gasteiger partial charge is 0.126 e. The van der Waals surface area contributed by atoms with Crippen molar-refractivity contribution >= 4 is 11.6 Å². The summed E-state index contributed by atoms with van der Waals surface area (Å²) in [5.74, 6) is 1.24. The first-order valence-electron chi connectivity index (χ1n) is 5.52. The van der Waals surface area contributed by atoms with Crippen LogP contribution in [0, 0.1) is 6.92 Å². The van der Waals surface area contributed by atoms with E-state index in [2.05, 4.69) is 16.9 Å². The van der Waals surface area contributed by atoms with Gasteiger partial charge in [0.15, 0.2) is 0 Å². The van der Waals surface area contributed by atoms with Gasteiger partial charge in [0.2, 0.25) is 0 Å². The van der Waals surface area contributed by atoms with E-state index < -0.39 is 0 Å². The number of hydrogen-bond donors (Lipinski definition) is 2. The number of nitrogen functional groups attached to an aromatic ring is 2. The van der Waals surface area contributed by atoms with Crippen LogP contribution in [0.15, 0.2) is 36.5 Å².